The van der Waals surface area contributed by atoms with Gasteiger partial charge >= 0.3 is 5.97 Å². The Labute approximate surface area is 181 Å². The molecule has 0 aliphatic heterocycles. The Morgan fingerprint density at radius 3 is 2.45 bits per heavy atom. The summed E-state index contributed by atoms with van der Waals surface area (Å²) in [6, 6.07) is 11.8. The number of carbonyl (C=O) groups is 2. The van der Waals surface area contributed by atoms with Crippen LogP contribution in [-0.4, -0.2) is 27.0 Å². The summed E-state index contributed by atoms with van der Waals surface area (Å²) in [5.74, 6) is -0.677. The average molecular weight is 445 g/mol. The minimum Gasteiger partial charge on any atom is -0.456 e. The monoisotopic (exact) mass is 444 g/mol. The summed E-state index contributed by atoms with van der Waals surface area (Å²) in [6.45, 7) is 1.10. The number of halogens is 1. The highest BCUT2D eigenvalue weighted by molar-refractivity contribution is 6.30. The first kappa shape index (κ1) is 21.9. The van der Waals surface area contributed by atoms with E-state index in [0.717, 1.165) is 0 Å². The maximum Gasteiger partial charge on any atom is 0.308 e. The molecule has 0 fully saturated rings. The number of rotatable bonds is 8. The van der Waals surface area contributed by atoms with Gasteiger partial charge in [-0.15, -0.1) is 10.2 Å². The zero-order valence-corrected chi connectivity index (χ0v) is 17.0. The first-order valence-corrected chi connectivity index (χ1v) is 9.45. The number of amides is 1. The van der Waals surface area contributed by atoms with E-state index in [4.69, 9.17) is 20.8 Å². The van der Waals surface area contributed by atoms with Crippen LogP contribution in [-0.2, 0) is 20.9 Å². The smallest absolute Gasteiger partial charge is 0.308 e. The van der Waals surface area contributed by atoms with Gasteiger partial charge in [0, 0.05) is 29.6 Å². The van der Waals surface area contributed by atoms with Crippen LogP contribution < -0.4 is 5.32 Å². The molecular weight excluding hydrogens is 428 g/mol. The predicted octanol–water partition coefficient (Wildman–Crippen LogP) is 3.61. The number of benzene rings is 2. The lowest BCUT2D eigenvalue weighted by atomic mass is 10.0. The molecule has 0 saturated carbocycles. The maximum absolute atomic E-state index is 12.3. The number of ether oxygens (including phenoxy) is 1. The van der Waals surface area contributed by atoms with Crippen LogP contribution in [0.1, 0.15) is 30.8 Å². The molecule has 1 aromatic heterocycles. The maximum atomic E-state index is 12.3. The van der Waals surface area contributed by atoms with Gasteiger partial charge in [0.05, 0.1) is 17.4 Å². The van der Waals surface area contributed by atoms with Crippen molar-refractivity contribution in [2.45, 2.75) is 26.0 Å². The van der Waals surface area contributed by atoms with Gasteiger partial charge in [-0.2, -0.15) is 0 Å². The van der Waals surface area contributed by atoms with Crippen LogP contribution in [0.15, 0.2) is 52.9 Å². The van der Waals surface area contributed by atoms with Crippen LogP contribution in [0.2, 0.25) is 5.02 Å². The number of nitrogens with zero attached hydrogens (tertiary/aromatic N) is 3. The van der Waals surface area contributed by atoms with Crippen LogP contribution in [0.5, 0.6) is 0 Å². The van der Waals surface area contributed by atoms with E-state index < -0.39 is 16.9 Å². The lowest BCUT2D eigenvalue weighted by molar-refractivity contribution is -0.384. The van der Waals surface area contributed by atoms with Gasteiger partial charge in [-0.3, -0.25) is 19.7 Å². The Balaban J connectivity index is 1.60. The molecular formula is C20H17ClN4O6. The molecule has 3 aromatic rings. The second kappa shape index (κ2) is 9.81. The van der Waals surface area contributed by atoms with Crippen molar-refractivity contribution in [3.63, 3.8) is 0 Å². The van der Waals surface area contributed by atoms with Crippen molar-refractivity contribution >= 4 is 29.2 Å². The van der Waals surface area contributed by atoms with Crippen molar-refractivity contribution in [3.8, 4) is 11.5 Å². The fourth-order valence-corrected chi connectivity index (χ4v) is 2.84. The van der Waals surface area contributed by atoms with Crippen molar-refractivity contribution in [3.05, 3.63) is 75.1 Å². The van der Waals surface area contributed by atoms with Gasteiger partial charge < -0.3 is 14.5 Å². The molecule has 0 bridgehead atoms. The summed E-state index contributed by atoms with van der Waals surface area (Å²) in [5.41, 5.74) is 1.13. The van der Waals surface area contributed by atoms with Gasteiger partial charge in [-0.05, 0) is 29.8 Å². The molecule has 1 unspecified atom stereocenters. The van der Waals surface area contributed by atoms with E-state index in [1.165, 1.54) is 31.2 Å². The topological polar surface area (TPSA) is 137 Å². The lowest BCUT2D eigenvalue weighted by Gasteiger charge is -2.17. The molecule has 2 aromatic carbocycles. The molecule has 31 heavy (non-hydrogen) atoms. The zero-order chi connectivity index (χ0) is 22.4. The van der Waals surface area contributed by atoms with E-state index in [0.29, 0.717) is 16.1 Å². The molecule has 1 atom stereocenters. The largest absolute Gasteiger partial charge is 0.456 e. The number of nitrogens with one attached hydrogen (secondary N) is 1. The summed E-state index contributed by atoms with van der Waals surface area (Å²) < 4.78 is 10.6. The van der Waals surface area contributed by atoms with E-state index in [1.54, 1.807) is 24.3 Å². The lowest BCUT2D eigenvalue weighted by Crippen LogP contribution is -2.28. The van der Waals surface area contributed by atoms with E-state index >= 15 is 0 Å². The van der Waals surface area contributed by atoms with E-state index in [9.17, 15) is 19.7 Å². The van der Waals surface area contributed by atoms with Crippen LogP contribution in [0.3, 0.4) is 0 Å². The number of hydrogen-bond acceptors (Lipinski definition) is 8. The third-order valence-corrected chi connectivity index (χ3v) is 4.42. The molecule has 3 rings (SSSR count). The second-order valence-corrected chi connectivity index (χ2v) is 6.91. The quantitative estimate of drug-likeness (QED) is 0.316. The summed E-state index contributed by atoms with van der Waals surface area (Å²) in [7, 11) is 0. The Morgan fingerprint density at radius 2 is 1.84 bits per heavy atom. The Kier molecular flexibility index (Phi) is 6.93. The Morgan fingerprint density at radius 1 is 1.16 bits per heavy atom. The van der Waals surface area contributed by atoms with Crippen molar-refractivity contribution in [1.29, 1.82) is 0 Å². The van der Waals surface area contributed by atoms with Gasteiger partial charge in [0.15, 0.2) is 6.61 Å². The summed E-state index contributed by atoms with van der Waals surface area (Å²) in [5, 5.41) is 21.6. The van der Waals surface area contributed by atoms with Gasteiger partial charge in [0.2, 0.25) is 11.8 Å². The number of nitro benzene ring substituents is 1. The highest BCUT2D eigenvalue weighted by atomic mass is 35.5. The van der Waals surface area contributed by atoms with Crippen molar-refractivity contribution in [2.75, 3.05) is 0 Å². The highest BCUT2D eigenvalue weighted by Gasteiger charge is 2.19. The highest BCUT2D eigenvalue weighted by Crippen LogP contribution is 2.22. The predicted molar refractivity (Wildman–Crippen MR) is 109 cm³/mol. The number of carbonyl (C=O) groups excluding carboxylic acids is 2. The van der Waals surface area contributed by atoms with Crippen LogP contribution in [0.25, 0.3) is 11.5 Å². The van der Waals surface area contributed by atoms with E-state index in [2.05, 4.69) is 15.5 Å². The molecule has 0 aliphatic carbocycles. The van der Waals surface area contributed by atoms with Gasteiger partial charge in [0.1, 0.15) is 0 Å². The van der Waals surface area contributed by atoms with Crippen molar-refractivity contribution in [1.82, 2.24) is 15.5 Å². The molecule has 0 spiro atoms. The third-order valence-electron chi connectivity index (χ3n) is 4.17. The SMILES string of the molecule is CC(=O)NC(CC(=O)OCc1nnc(-c2ccc([N+](=O)[O-])cc2)o1)c1ccc(Cl)cc1. The summed E-state index contributed by atoms with van der Waals surface area (Å²) in [4.78, 5) is 34.0. The van der Waals surface area contributed by atoms with Crippen LogP contribution >= 0.6 is 11.6 Å². The standard InChI is InChI=1S/C20H17ClN4O6/c1-12(26)22-17(13-2-6-15(21)7-3-13)10-19(27)30-11-18-23-24-20(31-18)14-4-8-16(9-5-14)25(28)29/h2-9,17H,10-11H2,1H3,(H,22,26). The van der Waals surface area contributed by atoms with Crippen LogP contribution in [0.4, 0.5) is 5.69 Å². The second-order valence-electron chi connectivity index (χ2n) is 6.47. The van der Waals surface area contributed by atoms with Crippen molar-refractivity contribution < 1.29 is 23.7 Å². The summed E-state index contributed by atoms with van der Waals surface area (Å²) in [6.07, 6.45) is -0.107. The van der Waals surface area contributed by atoms with Gasteiger partial charge in [-0.25, -0.2) is 0 Å². The van der Waals surface area contributed by atoms with Gasteiger partial charge in [-0.1, -0.05) is 23.7 Å². The van der Waals surface area contributed by atoms with E-state index in [1.807, 2.05) is 0 Å². The number of nitro groups is 1. The fourth-order valence-electron chi connectivity index (χ4n) is 2.71. The molecule has 1 N–H and O–H groups in total. The Bertz CT molecular complexity index is 1080. The minimum atomic E-state index is -0.583. The Hall–Kier alpha value is -3.79. The molecule has 0 radical (unpaired) electrons. The average Bonchev–Trinajstić information content (AvgIpc) is 3.21. The minimum absolute atomic E-state index is 0.0595. The normalized spacial score (nSPS) is 11.5. The first-order valence-electron chi connectivity index (χ1n) is 9.07. The molecule has 0 aliphatic rings. The fraction of sp³-hybridized carbons (Fsp3) is 0.200. The zero-order valence-electron chi connectivity index (χ0n) is 16.3. The number of non-ortho nitro benzene ring substituents is 1. The van der Waals surface area contributed by atoms with E-state index in [-0.39, 0.29) is 36.4 Å². The number of aromatic nitrogens is 2. The molecule has 11 heteroatoms. The molecule has 10 nitrogen and oxygen atoms in total. The molecule has 160 valence electrons. The third kappa shape index (κ3) is 6.09. The molecule has 0 saturated heterocycles. The number of hydrogen-bond donors (Lipinski definition) is 1. The number of esters is 1. The first-order chi connectivity index (χ1) is 14.8. The summed E-state index contributed by atoms with van der Waals surface area (Å²) >= 11 is 5.88. The van der Waals surface area contributed by atoms with Crippen molar-refractivity contribution in [2.24, 2.45) is 0 Å². The molecule has 1 amide bonds. The van der Waals surface area contributed by atoms with Gasteiger partial charge in [0.25, 0.3) is 11.6 Å². The molecule has 1 heterocycles. The van der Waals surface area contributed by atoms with Crippen LogP contribution in [0, 0.1) is 10.1 Å².